The molecule has 0 saturated carbocycles. The van der Waals surface area contributed by atoms with Gasteiger partial charge in [-0.25, -0.2) is 0 Å². The van der Waals surface area contributed by atoms with E-state index in [9.17, 15) is 14.7 Å². The van der Waals surface area contributed by atoms with Gasteiger partial charge in [0.2, 0.25) is 5.91 Å². The van der Waals surface area contributed by atoms with Crippen molar-refractivity contribution in [3.8, 4) is 0 Å². The molecule has 3 rings (SSSR count). The van der Waals surface area contributed by atoms with Crippen molar-refractivity contribution in [1.82, 2.24) is 4.90 Å². The molecule has 0 spiro atoms. The molecule has 148 valence electrons. The van der Waals surface area contributed by atoms with E-state index in [1.807, 2.05) is 31.2 Å². The average molecular weight is 381 g/mol. The minimum absolute atomic E-state index is 0.158. The number of aliphatic hydroxyl groups is 1. The lowest BCUT2D eigenvalue weighted by molar-refractivity contribution is -0.114. The van der Waals surface area contributed by atoms with E-state index in [1.165, 1.54) is 6.92 Å². The topological polar surface area (TPSA) is 81.7 Å². The molecule has 1 aliphatic heterocycles. The van der Waals surface area contributed by atoms with Crippen molar-refractivity contribution in [2.45, 2.75) is 38.8 Å². The van der Waals surface area contributed by atoms with Crippen LogP contribution in [0.25, 0.3) is 0 Å². The number of amides is 2. The van der Waals surface area contributed by atoms with Gasteiger partial charge in [0.25, 0.3) is 5.91 Å². The zero-order valence-corrected chi connectivity index (χ0v) is 16.4. The van der Waals surface area contributed by atoms with Crippen LogP contribution >= 0.6 is 0 Å². The standard InChI is InChI=1S/C22H27N3O3/c1-16(26)23-19-5-3-6-20(13-19)24-21(27)18-9-7-17(8-10-18)14-25-12-4-11-22(2,28)15-25/h3,5-10,13,28H,4,11-12,14-15H2,1-2H3,(H,23,26)(H,24,27)/t22-/m1/s1. The van der Waals surface area contributed by atoms with E-state index < -0.39 is 5.60 Å². The fraction of sp³-hybridized carbons (Fsp3) is 0.364. The van der Waals surface area contributed by atoms with Crippen LogP contribution in [0.2, 0.25) is 0 Å². The third kappa shape index (κ3) is 5.65. The summed E-state index contributed by atoms with van der Waals surface area (Å²) in [6.07, 6.45) is 1.83. The van der Waals surface area contributed by atoms with Crippen LogP contribution in [0.1, 0.15) is 42.6 Å². The van der Waals surface area contributed by atoms with Crippen LogP contribution in [0.15, 0.2) is 48.5 Å². The molecule has 0 bridgehead atoms. The molecule has 1 heterocycles. The van der Waals surface area contributed by atoms with Gasteiger partial charge < -0.3 is 15.7 Å². The molecule has 2 aromatic rings. The van der Waals surface area contributed by atoms with Crippen molar-refractivity contribution < 1.29 is 14.7 Å². The van der Waals surface area contributed by atoms with Crippen molar-refractivity contribution in [3.63, 3.8) is 0 Å². The van der Waals surface area contributed by atoms with Crippen molar-refractivity contribution in [3.05, 3.63) is 59.7 Å². The first-order valence-corrected chi connectivity index (χ1v) is 9.53. The monoisotopic (exact) mass is 381 g/mol. The van der Waals surface area contributed by atoms with Crippen molar-refractivity contribution >= 4 is 23.2 Å². The summed E-state index contributed by atoms with van der Waals surface area (Å²) in [5.74, 6) is -0.360. The number of β-amino-alcohol motifs (C(OH)–C–C–N with tert-alkyl or cyclic N) is 1. The minimum Gasteiger partial charge on any atom is -0.389 e. The average Bonchev–Trinajstić information content (AvgIpc) is 2.61. The number of nitrogens with one attached hydrogen (secondary N) is 2. The maximum absolute atomic E-state index is 12.5. The number of likely N-dealkylation sites (tertiary alicyclic amines) is 1. The second kappa shape index (κ2) is 8.54. The highest BCUT2D eigenvalue weighted by Crippen LogP contribution is 2.22. The molecule has 0 unspecified atom stereocenters. The Morgan fingerprint density at radius 3 is 2.43 bits per heavy atom. The van der Waals surface area contributed by atoms with Gasteiger partial charge in [0.15, 0.2) is 0 Å². The van der Waals surface area contributed by atoms with Crippen LogP contribution < -0.4 is 10.6 Å². The molecule has 2 aromatic carbocycles. The number of anilines is 2. The second-order valence-corrected chi connectivity index (χ2v) is 7.72. The highest BCUT2D eigenvalue weighted by molar-refractivity contribution is 6.04. The number of nitrogens with zero attached hydrogens (tertiary/aromatic N) is 1. The van der Waals surface area contributed by atoms with Gasteiger partial charge in [0, 0.05) is 37.0 Å². The summed E-state index contributed by atoms with van der Waals surface area (Å²) >= 11 is 0. The van der Waals surface area contributed by atoms with Gasteiger partial charge in [0.05, 0.1) is 5.60 Å². The van der Waals surface area contributed by atoms with E-state index in [2.05, 4.69) is 15.5 Å². The third-order valence-electron chi connectivity index (χ3n) is 4.82. The Hall–Kier alpha value is -2.70. The maximum atomic E-state index is 12.5. The zero-order valence-electron chi connectivity index (χ0n) is 16.4. The summed E-state index contributed by atoms with van der Waals surface area (Å²) in [6.45, 7) is 5.73. The van der Waals surface area contributed by atoms with E-state index in [4.69, 9.17) is 0 Å². The van der Waals surface area contributed by atoms with Gasteiger partial charge in [-0.1, -0.05) is 18.2 Å². The molecule has 6 heteroatoms. The van der Waals surface area contributed by atoms with Gasteiger partial charge in [-0.3, -0.25) is 14.5 Å². The molecular formula is C22H27N3O3. The number of rotatable bonds is 5. The highest BCUT2D eigenvalue weighted by atomic mass is 16.3. The lowest BCUT2D eigenvalue weighted by atomic mass is 9.95. The normalized spacial score (nSPS) is 19.8. The Labute approximate surface area is 165 Å². The summed E-state index contributed by atoms with van der Waals surface area (Å²) in [5.41, 5.74) is 2.32. The van der Waals surface area contributed by atoms with Crippen LogP contribution in [0.4, 0.5) is 11.4 Å². The molecule has 1 aliphatic rings. The van der Waals surface area contributed by atoms with Gasteiger partial charge in [-0.05, 0) is 62.2 Å². The zero-order chi connectivity index (χ0) is 20.1. The minimum atomic E-state index is -0.621. The Morgan fingerprint density at radius 2 is 1.79 bits per heavy atom. The molecule has 3 N–H and O–H groups in total. The molecule has 6 nitrogen and oxygen atoms in total. The van der Waals surface area contributed by atoms with Crippen molar-refractivity contribution in [2.75, 3.05) is 23.7 Å². The second-order valence-electron chi connectivity index (χ2n) is 7.72. The summed E-state index contributed by atoms with van der Waals surface area (Å²) in [7, 11) is 0. The first-order valence-electron chi connectivity index (χ1n) is 9.53. The van der Waals surface area contributed by atoms with Gasteiger partial charge >= 0.3 is 0 Å². The Bertz CT molecular complexity index is 846. The number of carbonyl (C=O) groups is 2. The summed E-state index contributed by atoms with van der Waals surface area (Å²) < 4.78 is 0. The predicted octanol–water partition coefficient (Wildman–Crippen LogP) is 3.24. The number of benzene rings is 2. The fourth-order valence-electron chi connectivity index (χ4n) is 3.56. The molecule has 1 saturated heterocycles. The Kier molecular flexibility index (Phi) is 6.11. The summed E-state index contributed by atoms with van der Waals surface area (Å²) in [5, 5.41) is 15.8. The molecule has 1 fully saturated rings. The van der Waals surface area contributed by atoms with Gasteiger partial charge in [0.1, 0.15) is 0 Å². The lowest BCUT2D eigenvalue weighted by Crippen LogP contribution is -2.45. The molecule has 28 heavy (non-hydrogen) atoms. The quantitative estimate of drug-likeness (QED) is 0.743. The number of hydrogen-bond donors (Lipinski definition) is 3. The van der Waals surface area contributed by atoms with E-state index in [0.29, 0.717) is 23.5 Å². The SMILES string of the molecule is CC(=O)Nc1cccc(NC(=O)c2ccc(CN3CCC[C@@](C)(O)C3)cc2)c1. The smallest absolute Gasteiger partial charge is 0.255 e. The maximum Gasteiger partial charge on any atom is 0.255 e. The summed E-state index contributed by atoms with van der Waals surface area (Å²) in [6, 6.07) is 14.6. The van der Waals surface area contributed by atoms with Crippen molar-refractivity contribution in [1.29, 1.82) is 0 Å². The van der Waals surface area contributed by atoms with Crippen molar-refractivity contribution in [2.24, 2.45) is 0 Å². The predicted molar refractivity (Wildman–Crippen MR) is 110 cm³/mol. The molecule has 0 radical (unpaired) electrons. The van der Waals surface area contributed by atoms with E-state index >= 15 is 0 Å². The summed E-state index contributed by atoms with van der Waals surface area (Å²) in [4.78, 5) is 25.9. The van der Waals surface area contributed by atoms with E-state index in [-0.39, 0.29) is 11.8 Å². The first kappa shape index (κ1) is 20.0. The molecule has 2 amide bonds. The molecule has 1 atom stereocenters. The van der Waals surface area contributed by atoms with Crippen LogP contribution in [-0.2, 0) is 11.3 Å². The number of hydrogen-bond acceptors (Lipinski definition) is 4. The Balaban J connectivity index is 1.60. The number of carbonyl (C=O) groups excluding carboxylic acids is 2. The third-order valence-corrected chi connectivity index (χ3v) is 4.82. The Morgan fingerprint density at radius 1 is 1.11 bits per heavy atom. The largest absolute Gasteiger partial charge is 0.389 e. The number of piperidine rings is 1. The molecular weight excluding hydrogens is 354 g/mol. The van der Waals surface area contributed by atoms with Crippen LogP contribution in [0.5, 0.6) is 0 Å². The van der Waals surface area contributed by atoms with Gasteiger partial charge in [-0.2, -0.15) is 0 Å². The van der Waals surface area contributed by atoms with Crippen LogP contribution in [0.3, 0.4) is 0 Å². The first-order chi connectivity index (χ1) is 13.3. The van der Waals surface area contributed by atoms with Crippen LogP contribution in [0, 0.1) is 0 Å². The molecule has 0 aromatic heterocycles. The molecule has 0 aliphatic carbocycles. The lowest BCUT2D eigenvalue weighted by Gasteiger charge is -2.36. The van der Waals surface area contributed by atoms with E-state index in [0.717, 1.165) is 31.5 Å². The van der Waals surface area contributed by atoms with Crippen LogP contribution in [-0.4, -0.2) is 40.5 Å². The highest BCUT2D eigenvalue weighted by Gasteiger charge is 2.28. The van der Waals surface area contributed by atoms with E-state index in [1.54, 1.807) is 24.3 Å². The van der Waals surface area contributed by atoms with Gasteiger partial charge in [-0.15, -0.1) is 0 Å². The fourth-order valence-corrected chi connectivity index (χ4v) is 3.56.